The van der Waals surface area contributed by atoms with Crippen molar-refractivity contribution in [1.29, 1.82) is 0 Å². The molecular formula is C38H76N8O8S. The zero-order chi connectivity index (χ0) is 41.1. The molecule has 55 heavy (non-hydrogen) atoms. The van der Waals surface area contributed by atoms with Gasteiger partial charge >= 0.3 is 0 Å². The Morgan fingerprint density at radius 3 is 1.95 bits per heavy atom. The average Bonchev–Trinajstić information content (AvgIpc) is 3.09. The lowest BCUT2D eigenvalue weighted by atomic mass is 9.94. The van der Waals surface area contributed by atoms with Crippen LogP contribution >= 0.6 is 12.6 Å². The number of nitrogens with zero attached hydrogens (tertiary/aromatic N) is 3. The van der Waals surface area contributed by atoms with Gasteiger partial charge in [-0.25, -0.2) is 10.9 Å². The number of nitrogens with one attached hydrogen (secondary N) is 2. The van der Waals surface area contributed by atoms with Crippen molar-refractivity contribution in [3.8, 4) is 0 Å². The Balaban J connectivity index is 2.28. The first-order chi connectivity index (χ1) is 26.1. The number of hydrogen-bond donors (Lipinski definition) is 6. The Kier molecular flexibility index (Phi) is 26.8. The molecule has 8 N–H and O–H groups in total. The Labute approximate surface area is 336 Å². The summed E-state index contributed by atoms with van der Waals surface area (Å²) >= 11 is 4.85. The van der Waals surface area contributed by atoms with Crippen LogP contribution in [0.25, 0.3) is 0 Å². The largest absolute Gasteiger partial charge is 0.401 e. The van der Waals surface area contributed by atoms with Crippen molar-refractivity contribution < 1.29 is 38.1 Å². The van der Waals surface area contributed by atoms with Gasteiger partial charge in [-0.05, 0) is 32.6 Å². The lowest BCUT2D eigenvalue weighted by Gasteiger charge is -2.36. The highest BCUT2D eigenvalue weighted by Crippen LogP contribution is 2.24. The van der Waals surface area contributed by atoms with E-state index in [0.29, 0.717) is 130 Å². The van der Waals surface area contributed by atoms with E-state index < -0.39 is 4.75 Å². The summed E-state index contributed by atoms with van der Waals surface area (Å²) in [6.07, 6.45) is 5.54. The number of carbonyl (C=O) groups excluding carboxylic acids is 3. The summed E-state index contributed by atoms with van der Waals surface area (Å²) in [5.74, 6) is 12.4. The number of ether oxygens (including phenoxy) is 5. The highest BCUT2D eigenvalue weighted by atomic mass is 32.1. The van der Waals surface area contributed by atoms with Gasteiger partial charge in [-0.2, -0.15) is 12.6 Å². The first-order valence-corrected chi connectivity index (χ1v) is 20.4. The molecule has 2 unspecified atom stereocenters. The summed E-state index contributed by atoms with van der Waals surface area (Å²) in [5.41, 5.74) is 7.78. The maximum Gasteiger partial charge on any atom is 0.222 e. The van der Waals surface area contributed by atoms with Crippen LogP contribution in [0.1, 0.15) is 91.9 Å². The van der Waals surface area contributed by atoms with Crippen molar-refractivity contribution >= 4 is 30.4 Å². The zero-order valence-electron chi connectivity index (χ0n) is 34.8. The maximum atomic E-state index is 13.3. The minimum Gasteiger partial charge on any atom is -0.401 e. The van der Waals surface area contributed by atoms with Crippen molar-refractivity contribution in [2.45, 2.75) is 103 Å². The van der Waals surface area contributed by atoms with Crippen LogP contribution in [0.5, 0.6) is 0 Å². The first-order valence-electron chi connectivity index (χ1n) is 19.9. The second-order valence-corrected chi connectivity index (χ2v) is 16.6. The molecule has 1 aliphatic rings. The zero-order valence-corrected chi connectivity index (χ0v) is 35.7. The summed E-state index contributed by atoms with van der Waals surface area (Å²) in [6, 6.07) is 0. The van der Waals surface area contributed by atoms with Gasteiger partial charge in [0.05, 0.1) is 57.0 Å². The molecular weight excluding hydrogens is 729 g/mol. The number of carbonyl (C=O) groups is 3. The minimum absolute atomic E-state index is 0.0400. The van der Waals surface area contributed by atoms with Gasteiger partial charge in [0, 0.05) is 109 Å². The van der Waals surface area contributed by atoms with E-state index in [-0.39, 0.29) is 42.1 Å². The molecule has 0 fully saturated rings. The predicted molar refractivity (Wildman–Crippen MR) is 219 cm³/mol. The van der Waals surface area contributed by atoms with E-state index in [0.717, 1.165) is 25.0 Å². The molecule has 17 heteroatoms. The third-order valence-corrected chi connectivity index (χ3v) is 9.13. The quantitative estimate of drug-likeness (QED) is 0.0257. The lowest BCUT2D eigenvalue weighted by molar-refractivity contribution is -0.133. The van der Waals surface area contributed by atoms with Gasteiger partial charge in [-0.15, -0.1) is 0 Å². The molecule has 0 aromatic rings. The van der Waals surface area contributed by atoms with E-state index in [9.17, 15) is 14.4 Å². The minimum atomic E-state index is -0.568. The van der Waals surface area contributed by atoms with Gasteiger partial charge in [0.1, 0.15) is 0 Å². The third-order valence-electron chi connectivity index (χ3n) is 8.86. The molecule has 0 saturated carbocycles. The van der Waals surface area contributed by atoms with E-state index in [1.807, 2.05) is 14.0 Å². The number of thiol groups is 1. The van der Waals surface area contributed by atoms with Gasteiger partial charge < -0.3 is 50.0 Å². The fourth-order valence-electron chi connectivity index (χ4n) is 6.07. The molecule has 1 heterocycles. The van der Waals surface area contributed by atoms with Crippen LogP contribution < -0.4 is 28.1 Å². The second-order valence-electron chi connectivity index (χ2n) is 15.5. The van der Waals surface area contributed by atoms with E-state index in [2.05, 4.69) is 31.4 Å². The molecule has 0 aromatic carbocycles. The second kappa shape index (κ2) is 29.1. The number of hydrazine groups is 2. The summed E-state index contributed by atoms with van der Waals surface area (Å²) in [6.45, 7) is 15.1. The summed E-state index contributed by atoms with van der Waals surface area (Å²) < 4.78 is 27.7. The van der Waals surface area contributed by atoms with E-state index in [1.165, 1.54) is 0 Å². The van der Waals surface area contributed by atoms with Crippen molar-refractivity contribution in [2.75, 3.05) is 106 Å². The number of rotatable bonds is 31. The highest BCUT2D eigenvalue weighted by Gasteiger charge is 2.29. The molecule has 0 radical (unpaired) electrons. The summed E-state index contributed by atoms with van der Waals surface area (Å²) in [7, 11) is 3.44. The van der Waals surface area contributed by atoms with Crippen LogP contribution in [0.3, 0.4) is 0 Å². The number of methoxy groups -OCH3 is 1. The molecule has 0 aromatic heterocycles. The molecule has 2 atom stereocenters. The number of nitrogens with two attached hydrogens (primary N) is 3. The van der Waals surface area contributed by atoms with Gasteiger partial charge in [-0.1, -0.05) is 27.2 Å². The van der Waals surface area contributed by atoms with Crippen LogP contribution in [0.4, 0.5) is 0 Å². The van der Waals surface area contributed by atoms with Crippen LogP contribution in [0, 0.1) is 5.41 Å². The standard InChI is InChI=1S/C38H76N8O8S/c1-7-8-12-34(47)42-16-10-19-51-21-23-53-24-22-52-20-11-17-43-35(48)13-9-14-36(49)45-18-15-33(32(39)25-31(26-45)50-6)46(41)28-38(4,55)30-54-29-37(2,3)27-44(5)40/h31,55H,7-30,39-41H2,1-6H3,(H,42,47)(H,43,48)/b33-32-. The van der Waals surface area contributed by atoms with E-state index >= 15 is 0 Å². The molecule has 16 nitrogen and oxygen atoms in total. The van der Waals surface area contributed by atoms with Gasteiger partial charge in [-0.3, -0.25) is 20.2 Å². The first kappa shape index (κ1) is 50.8. The normalized spacial score (nSPS) is 17.8. The lowest BCUT2D eigenvalue weighted by Crippen LogP contribution is -2.47. The van der Waals surface area contributed by atoms with Gasteiger partial charge in [0.15, 0.2) is 0 Å². The fraction of sp³-hybridized carbons (Fsp3) is 0.868. The monoisotopic (exact) mass is 805 g/mol. The Morgan fingerprint density at radius 1 is 0.836 bits per heavy atom. The molecule has 1 aliphatic heterocycles. The Bertz CT molecular complexity index is 1110. The topological polar surface area (TPSA) is 209 Å². The summed E-state index contributed by atoms with van der Waals surface area (Å²) in [5, 5.41) is 9.06. The molecule has 0 bridgehead atoms. The fourth-order valence-corrected chi connectivity index (χ4v) is 6.32. The molecule has 3 amide bonds. The maximum absolute atomic E-state index is 13.3. The number of unbranched alkanes of at least 4 members (excludes halogenated alkanes) is 1. The van der Waals surface area contributed by atoms with E-state index in [4.69, 9.17) is 53.7 Å². The van der Waals surface area contributed by atoms with Crippen LogP contribution in [-0.2, 0) is 38.1 Å². The Morgan fingerprint density at radius 2 is 1.40 bits per heavy atom. The van der Waals surface area contributed by atoms with Gasteiger partial charge in [0.2, 0.25) is 17.7 Å². The SMILES string of the molecule is CCCCC(=O)NCCCOCCOCCOCCCNC(=O)CCCC(=O)N1CC/C(N(N)CC(C)(S)COCC(C)(C)CN(C)N)=C(/N)CC(OC)C1. The number of hydrogen-bond acceptors (Lipinski definition) is 14. The molecule has 0 saturated heterocycles. The van der Waals surface area contributed by atoms with Crippen LogP contribution in [0.2, 0.25) is 0 Å². The van der Waals surface area contributed by atoms with E-state index in [1.54, 1.807) is 22.0 Å². The number of amides is 3. The predicted octanol–water partition coefficient (Wildman–Crippen LogP) is 1.93. The van der Waals surface area contributed by atoms with Gasteiger partial charge in [0.25, 0.3) is 0 Å². The van der Waals surface area contributed by atoms with Crippen LogP contribution in [-0.4, -0.2) is 150 Å². The molecule has 322 valence electrons. The summed E-state index contributed by atoms with van der Waals surface area (Å²) in [4.78, 5) is 39.0. The molecule has 0 aliphatic carbocycles. The van der Waals surface area contributed by atoms with Crippen LogP contribution in [0.15, 0.2) is 11.4 Å². The Hall–Kier alpha value is -2.22. The van der Waals surface area contributed by atoms with Crippen molar-refractivity contribution in [3.63, 3.8) is 0 Å². The highest BCUT2D eigenvalue weighted by molar-refractivity contribution is 7.81. The molecule has 1 rings (SSSR count). The average molecular weight is 805 g/mol. The third kappa shape index (κ3) is 25.6. The molecule has 0 spiro atoms. The van der Waals surface area contributed by atoms with Crippen molar-refractivity contribution in [1.82, 2.24) is 25.6 Å². The smallest absolute Gasteiger partial charge is 0.222 e. The van der Waals surface area contributed by atoms with Crippen molar-refractivity contribution in [2.24, 2.45) is 22.8 Å². The van der Waals surface area contributed by atoms with Crippen molar-refractivity contribution in [3.05, 3.63) is 11.4 Å².